The predicted octanol–water partition coefficient (Wildman–Crippen LogP) is 0.719. The Morgan fingerprint density at radius 2 is 1.83 bits per heavy atom. The molecule has 1 rings (SSSR count). The lowest BCUT2D eigenvalue weighted by Gasteiger charge is -1.99. The molecule has 0 radical (unpaired) electrons. The average molecular weight is 170 g/mol. The predicted molar refractivity (Wildman–Crippen MR) is 42.4 cm³/mol. The lowest BCUT2D eigenvalue weighted by molar-refractivity contribution is -0.210. The molecule has 4 nitrogen and oxygen atoms in total. The van der Waals surface area contributed by atoms with E-state index in [0.29, 0.717) is 5.75 Å². The van der Waals surface area contributed by atoms with Gasteiger partial charge in [-0.25, -0.2) is 4.79 Å². The highest BCUT2D eigenvalue weighted by Crippen LogP contribution is 2.07. The Balaban J connectivity index is 0.00000121. The highest BCUT2D eigenvalue weighted by molar-refractivity contribution is 5.65. The fourth-order valence-electron chi connectivity index (χ4n) is 0.583. The van der Waals surface area contributed by atoms with Gasteiger partial charge in [0.15, 0.2) is 5.75 Å². The van der Waals surface area contributed by atoms with Crippen LogP contribution in [-0.2, 0) is 9.68 Å². The molecular formula is C8H10O4. The van der Waals surface area contributed by atoms with Gasteiger partial charge in [-0.2, -0.15) is 0 Å². The molecule has 4 heteroatoms. The van der Waals surface area contributed by atoms with Crippen LogP contribution in [0.1, 0.15) is 6.92 Å². The number of hydrogen-bond donors (Lipinski definition) is 0. The van der Waals surface area contributed by atoms with E-state index in [4.69, 9.17) is 0 Å². The molecule has 0 saturated heterocycles. The minimum Gasteiger partial charge on any atom is -0.412 e. The van der Waals surface area contributed by atoms with E-state index in [9.17, 15) is 4.79 Å². The molecule has 0 aliphatic carbocycles. The second-order valence-electron chi connectivity index (χ2n) is 1.97. The summed E-state index contributed by atoms with van der Waals surface area (Å²) in [6, 6.07) is 8.82. The van der Waals surface area contributed by atoms with Crippen molar-refractivity contribution in [3.8, 4) is 5.75 Å². The van der Waals surface area contributed by atoms with Gasteiger partial charge in [-0.3, -0.25) is 9.78 Å². The smallest absolute Gasteiger partial charge is 0.352 e. The van der Waals surface area contributed by atoms with Crippen LogP contribution >= 0.6 is 0 Å². The Labute approximate surface area is 70.0 Å². The first-order valence-electron chi connectivity index (χ1n) is 3.19. The molecule has 0 saturated carbocycles. The van der Waals surface area contributed by atoms with Crippen LogP contribution in [0.4, 0.5) is 0 Å². The van der Waals surface area contributed by atoms with E-state index >= 15 is 0 Å². The molecule has 0 atom stereocenters. The summed E-state index contributed by atoms with van der Waals surface area (Å²) >= 11 is 0. The van der Waals surface area contributed by atoms with Gasteiger partial charge in [0.1, 0.15) is 0 Å². The van der Waals surface area contributed by atoms with Crippen molar-refractivity contribution in [1.82, 2.24) is 0 Å². The maximum Gasteiger partial charge on any atom is 0.352 e. The van der Waals surface area contributed by atoms with Gasteiger partial charge >= 0.3 is 5.97 Å². The van der Waals surface area contributed by atoms with Gasteiger partial charge in [-0.15, -0.1) is 0 Å². The van der Waals surface area contributed by atoms with Crippen molar-refractivity contribution in [3.05, 3.63) is 30.3 Å². The van der Waals surface area contributed by atoms with Crippen LogP contribution in [0.5, 0.6) is 5.75 Å². The third-order valence-electron chi connectivity index (χ3n) is 0.998. The molecule has 0 aliphatic rings. The first kappa shape index (κ1) is 10.4. The van der Waals surface area contributed by atoms with Crippen LogP contribution in [0.25, 0.3) is 0 Å². The van der Waals surface area contributed by atoms with Crippen LogP contribution in [0, 0.1) is 0 Å². The Morgan fingerprint density at radius 1 is 1.25 bits per heavy atom. The maximum absolute atomic E-state index is 10.3. The fraction of sp³-hybridized carbons (Fsp3) is 0.125. The number of rotatable bonds is 2. The Hall–Kier alpha value is -1.55. The van der Waals surface area contributed by atoms with Crippen molar-refractivity contribution < 1.29 is 20.0 Å². The molecule has 0 fully saturated rings. The summed E-state index contributed by atoms with van der Waals surface area (Å²) in [7, 11) is 0. The summed E-state index contributed by atoms with van der Waals surface area (Å²) in [5, 5.41) is 0. The van der Waals surface area contributed by atoms with E-state index in [1.54, 1.807) is 24.3 Å². The third-order valence-corrected chi connectivity index (χ3v) is 0.998. The minimum absolute atomic E-state index is 0. The molecule has 0 amide bonds. The number of carbonyl (C=O) groups is 1. The molecule has 66 valence electrons. The Kier molecular flexibility index (Phi) is 4.48. The number of para-hydroxylation sites is 1. The summed E-state index contributed by atoms with van der Waals surface area (Å²) in [6.07, 6.45) is 0. The second kappa shape index (κ2) is 5.15. The Bertz CT molecular complexity index is 232. The molecule has 1 aromatic carbocycles. The summed E-state index contributed by atoms with van der Waals surface area (Å²) in [6.45, 7) is 1.28. The molecule has 0 spiro atoms. The maximum atomic E-state index is 10.3. The molecule has 0 unspecified atom stereocenters. The molecule has 0 heterocycles. The van der Waals surface area contributed by atoms with Crippen molar-refractivity contribution in [2.45, 2.75) is 6.92 Å². The summed E-state index contributed by atoms with van der Waals surface area (Å²) in [5.41, 5.74) is 0. The summed E-state index contributed by atoms with van der Waals surface area (Å²) in [4.78, 5) is 19.2. The molecule has 1 aromatic rings. The SMILES string of the molecule is CC(=O)OOc1ccccc1.O. The zero-order chi connectivity index (χ0) is 8.10. The molecule has 0 bridgehead atoms. The number of carbonyl (C=O) groups excluding carboxylic acids is 1. The largest absolute Gasteiger partial charge is 0.412 e. The fourth-order valence-corrected chi connectivity index (χ4v) is 0.583. The van der Waals surface area contributed by atoms with Crippen molar-refractivity contribution in [3.63, 3.8) is 0 Å². The van der Waals surface area contributed by atoms with Gasteiger partial charge in [-0.1, -0.05) is 18.2 Å². The van der Waals surface area contributed by atoms with E-state index in [0.717, 1.165) is 0 Å². The van der Waals surface area contributed by atoms with Crippen LogP contribution in [-0.4, -0.2) is 11.4 Å². The van der Waals surface area contributed by atoms with Crippen LogP contribution in [0.2, 0.25) is 0 Å². The van der Waals surface area contributed by atoms with Gasteiger partial charge in [0, 0.05) is 6.92 Å². The lowest BCUT2D eigenvalue weighted by atomic mass is 10.3. The first-order chi connectivity index (χ1) is 5.29. The van der Waals surface area contributed by atoms with E-state index in [1.165, 1.54) is 6.92 Å². The van der Waals surface area contributed by atoms with Crippen molar-refractivity contribution in [2.24, 2.45) is 0 Å². The highest BCUT2D eigenvalue weighted by Gasteiger charge is 1.94. The van der Waals surface area contributed by atoms with E-state index in [-0.39, 0.29) is 5.48 Å². The quantitative estimate of drug-likeness (QED) is 0.485. The normalized spacial score (nSPS) is 8.08. The van der Waals surface area contributed by atoms with Gasteiger partial charge in [0.25, 0.3) is 0 Å². The molecule has 12 heavy (non-hydrogen) atoms. The number of hydrogen-bond acceptors (Lipinski definition) is 3. The monoisotopic (exact) mass is 170 g/mol. The third kappa shape index (κ3) is 3.58. The molecular weight excluding hydrogens is 160 g/mol. The summed E-state index contributed by atoms with van der Waals surface area (Å²) in [5.74, 6) is 0.0524. The summed E-state index contributed by atoms with van der Waals surface area (Å²) < 4.78 is 0. The van der Waals surface area contributed by atoms with Gasteiger partial charge < -0.3 is 5.48 Å². The van der Waals surface area contributed by atoms with E-state index < -0.39 is 5.97 Å². The Morgan fingerprint density at radius 3 is 2.33 bits per heavy atom. The lowest BCUT2D eigenvalue weighted by Crippen LogP contribution is -2.02. The van der Waals surface area contributed by atoms with Crippen molar-refractivity contribution in [1.29, 1.82) is 0 Å². The zero-order valence-corrected chi connectivity index (χ0v) is 6.61. The van der Waals surface area contributed by atoms with Gasteiger partial charge in [0.2, 0.25) is 0 Å². The van der Waals surface area contributed by atoms with Gasteiger partial charge in [0.05, 0.1) is 0 Å². The van der Waals surface area contributed by atoms with Crippen LogP contribution in [0.15, 0.2) is 30.3 Å². The van der Waals surface area contributed by atoms with Crippen LogP contribution < -0.4 is 4.89 Å². The van der Waals surface area contributed by atoms with Gasteiger partial charge in [-0.05, 0) is 12.1 Å². The van der Waals surface area contributed by atoms with E-state index in [1.807, 2.05) is 6.07 Å². The molecule has 0 aliphatic heterocycles. The standard InChI is InChI=1S/C8H8O3.H2O/c1-7(9)10-11-8-5-3-2-4-6-8;/h2-6H,1H3;1H2. The zero-order valence-electron chi connectivity index (χ0n) is 6.61. The highest BCUT2D eigenvalue weighted by atomic mass is 17.2. The van der Waals surface area contributed by atoms with Crippen LogP contribution in [0.3, 0.4) is 0 Å². The van der Waals surface area contributed by atoms with E-state index in [2.05, 4.69) is 9.78 Å². The first-order valence-corrected chi connectivity index (χ1v) is 3.19. The topological polar surface area (TPSA) is 67.0 Å². The molecule has 0 aromatic heterocycles. The molecule has 2 N–H and O–H groups in total. The number of benzene rings is 1. The van der Waals surface area contributed by atoms with Crippen molar-refractivity contribution >= 4 is 5.97 Å². The minimum atomic E-state index is -0.464. The average Bonchev–Trinajstić information content (AvgIpc) is 2.03. The second-order valence-corrected chi connectivity index (χ2v) is 1.97. The van der Waals surface area contributed by atoms with Crippen molar-refractivity contribution in [2.75, 3.05) is 0 Å².